The molecule has 3 N–H and O–H groups in total. The highest BCUT2D eigenvalue weighted by Gasteiger charge is 2.33. The number of nitrogens with one attached hydrogen (secondary N) is 1. The number of carbonyl (C=O) groups excluding carboxylic acids is 13. The van der Waals surface area contributed by atoms with Crippen molar-refractivity contribution in [2.75, 3.05) is 6.54 Å². The van der Waals surface area contributed by atoms with E-state index in [2.05, 4.69) is 5.32 Å². The average Bonchev–Trinajstić information content (AvgIpc) is 0.853. The first-order valence-corrected chi connectivity index (χ1v) is 39.6. The Bertz CT molecular complexity index is 3730. The van der Waals surface area contributed by atoms with Crippen LogP contribution in [0.5, 0.6) is 0 Å². The van der Waals surface area contributed by atoms with Crippen molar-refractivity contribution in [1.82, 2.24) is 5.32 Å². The number of esters is 11. The summed E-state index contributed by atoms with van der Waals surface area (Å²) >= 11 is 0. The lowest BCUT2D eigenvalue weighted by Gasteiger charge is -2.31. The minimum Gasteiger partial charge on any atom is -0.478 e. The zero-order valence-corrected chi connectivity index (χ0v) is 70.4. The van der Waals surface area contributed by atoms with Crippen LogP contribution >= 0.6 is 0 Å². The van der Waals surface area contributed by atoms with Crippen molar-refractivity contribution in [3.8, 4) is 0 Å². The van der Waals surface area contributed by atoms with Crippen LogP contribution in [0.2, 0.25) is 0 Å². The molecule has 0 bridgehead atoms. The molecule has 0 aromatic rings. The van der Waals surface area contributed by atoms with E-state index < -0.39 is 180 Å². The molecule has 0 heterocycles. The van der Waals surface area contributed by atoms with Gasteiger partial charge in [-0.25, -0.2) is 8.98 Å². The molecule has 0 radical (unpaired) electrons. The third-order valence-corrected chi connectivity index (χ3v) is 16.5. The normalized spacial score (nSPS) is 16.0. The number of ether oxygens (including phenoxy) is 11. The first-order valence-electron chi connectivity index (χ1n) is 38.2. The van der Waals surface area contributed by atoms with Gasteiger partial charge in [0.05, 0.1) is 6.10 Å². The van der Waals surface area contributed by atoms with E-state index in [1.807, 2.05) is 38.2 Å². The van der Waals surface area contributed by atoms with Crippen molar-refractivity contribution in [1.29, 1.82) is 0 Å². The molecule has 14 atom stereocenters. The summed E-state index contributed by atoms with van der Waals surface area (Å²) in [6.07, 6.45) is 29.3. The fraction of sp³-hybridized carbons (Fsp3) is 0.529. The lowest BCUT2D eigenvalue weighted by molar-refractivity contribution is -0.159. The number of allylic oxidation sites excluding steroid dienone is 16. The topological polar surface area (TPSA) is 436 Å². The number of rotatable bonds is 58. The van der Waals surface area contributed by atoms with Crippen molar-refractivity contribution in [3.63, 3.8) is 0 Å². The van der Waals surface area contributed by atoms with Gasteiger partial charge >= 0.3 is 82.0 Å². The summed E-state index contributed by atoms with van der Waals surface area (Å²) in [7, 11) is -5.09. The van der Waals surface area contributed by atoms with Gasteiger partial charge in [-0.15, -0.1) is 0 Å². The summed E-state index contributed by atoms with van der Waals surface area (Å²) in [6, 6.07) is 0. The molecule has 0 rings (SSSR count). The molecule has 0 aromatic carbocycles. The van der Waals surface area contributed by atoms with Gasteiger partial charge in [-0.05, 0) is 63.3 Å². The molecule has 31 nitrogen and oxygen atoms in total. The molecule has 0 aromatic heterocycles. The van der Waals surface area contributed by atoms with Crippen molar-refractivity contribution >= 4 is 93.7 Å². The number of ketones is 1. The van der Waals surface area contributed by atoms with Crippen molar-refractivity contribution in [2.45, 2.75) is 273 Å². The van der Waals surface area contributed by atoms with Crippen LogP contribution < -0.4 is 5.32 Å². The molecule has 0 spiro atoms. The number of unbranched alkanes of at least 4 members (excludes halogenated alkanes) is 1. The highest BCUT2D eigenvalue weighted by molar-refractivity contribution is 7.80. The average molecular weight is 1670 g/mol. The number of amides is 1. The van der Waals surface area contributed by atoms with E-state index in [0.29, 0.717) is 32.2 Å². The third kappa shape index (κ3) is 61.4. The maximum atomic E-state index is 13.6. The zero-order valence-electron chi connectivity index (χ0n) is 69.6. The van der Waals surface area contributed by atoms with E-state index in [4.69, 9.17) is 61.4 Å². The van der Waals surface area contributed by atoms with Crippen molar-refractivity contribution in [2.24, 2.45) is 11.8 Å². The van der Waals surface area contributed by atoms with Gasteiger partial charge in [0.1, 0.15) is 72.9 Å². The van der Waals surface area contributed by atoms with E-state index >= 15 is 0 Å². The summed E-state index contributed by atoms with van der Waals surface area (Å²) in [6.45, 7) is 19.8. The van der Waals surface area contributed by atoms with Crippen LogP contribution in [0.15, 0.2) is 157 Å². The Labute approximate surface area is 686 Å². The molecule has 14 unspecified atom stereocenters. The fourth-order valence-corrected chi connectivity index (χ4v) is 11.9. The number of hydrogen-bond donors (Lipinski definition) is 3. The second-order valence-electron chi connectivity index (χ2n) is 27.1. The molecule has 650 valence electrons. The highest BCUT2D eigenvalue weighted by Crippen LogP contribution is 2.27. The Hall–Kier alpha value is -10.7. The quantitative estimate of drug-likeness (QED) is 0.00968. The molecule has 1 amide bonds. The van der Waals surface area contributed by atoms with Crippen LogP contribution in [0.3, 0.4) is 0 Å². The number of carboxylic acids is 1. The summed E-state index contributed by atoms with van der Waals surface area (Å²) in [4.78, 5) is 172. The lowest BCUT2D eigenvalue weighted by atomic mass is 9.88. The van der Waals surface area contributed by atoms with E-state index in [0.717, 1.165) is 48.5 Å². The Morgan fingerprint density at radius 3 is 1.16 bits per heavy atom. The second-order valence-corrected chi connectivity index (χ2v) is 28.2. The molecule has 0 aliphatic rings. The summed E-state index contributed by atoms with van der Waals surface area (Å²) in [5, 5.41) is 11.6. The maximum Gasteiger partial charge on any atom is 0.397 e. The van der Waals surface area contributed by atoms with Crippen LogP contribution in [0.1, 0.15) is 200 Å². The van der Waals surface area contributed by atoms with Crippen LogP contribution in [-0.2, 0) is 134 Å². The molecule has 0 saturated heterocycles. The van der Waals surface area contributed by atoms with Gasteiger partial charge in [-0.2, -0.15) is 8.42 Å². The molecule has 32 heteroatoms. The number of carboxylic acid groups (broad SMARTS) is 1. The number of carbonyl (C=O) groups is 14. The Balaban J connectivity index is 6.41. The Morgan fingerprint density at radius 1 is 0.359 bits per heavy atom. The maximum absolute atomic E-state index is 13.6. The number of aliphatic carboxylic acids is 1. The lowest BCUT2D eigenvalue weighted by Crippen LogP contribution is -2.38. The second kappa shape index (κ2) is 61.6. The van der Waals surface area contributed by atoms with Crippen LogP contribution in [-0.4, -0.2) is 181 Å². The number of hydrogen-bond acceptors (Lipinski definition) is 28. The first-order chi connectivity index (χ1) is 55.0. The summed E-state index contributed by atoms with van der Waals surface area (Å²) < 4.78 is 99.6. The molecule has 0 saturated carbocycles. The minimum atomic E-state index is -5.09. The van der Waals surface area contributed by atoms with Gasteiger partial charge in [0.15, 0.2) is 0 Å². The van der Waals surface area contributed by atoms with Gasteiger partial charge in [-0.3, -0.25) is 66.9 Å². The SMILES string of the molecule is CC(=O)NCCCC(CC(C/C=C/C(CC(CC(C/C=C/C(CC(C/C=C/C(CC(CC(=O)CC(C/C=C/C=C/C=C/C=C/C=C/C=C/C(OC(C)=O)C(C)C(OC(C)=O)C(C)/C=C/CC/C=C/C=C/C=C(\C)C(=O)O)OS(=O)(=O)O)OC(C)=O)OC(C)=O)OC(C)=O)OC(C)=O)OC(C)=O)OC(C)=O)OC(C)=O)OC(C)=O)OC(C)=O. The van der Waals surface area contributed by atoms with E-state index in [9.17, 15) is 80.1 Å². The third-order valence-electron chi connectivity index (χ3n) is 16.0. The predicted octanol–water partition coefficient (Wildman–Crippen LogP) is 12.0. The highest BCUT2D eigenvalue weighted by atomic mass is 32.3. The molecular formula is C85H119NO30S. The van der Waals surface area contributed by atoms with Gasteiger partial charge in [0, 0.05) is 171 Å². The fourth-order valence-electron chi connectivity index (χ4n) is 11.4. The van der Waals surface area contributed by atoms with Gasteiger partial charge < -0.3 is 62.5 Å². The molecular weight excluding hydrogens is 1550 g/mol. The van der Waals surface area contributed by atoms with Crippen LogP contribution in [0, 0.1) is 11.8 Å². The molecule has 0 fully saturated rings. The Morgan fingerprint density at radius 2 is 0.718 bits per heavy atom. The van der Waals surface area contributed by atoms with E-state index in [-0.39, 0.29) is 75.2 Å². The predicted molar refractivity (Wildman–Crippen MR) is 430 cm³/mol. The summed E-state index contributed by atoms with van der Waals surface area (Å²) in [5.74, 6) is -10.1. The van der Waals surface area contributed by atoms with Gasteiger partial charge in [-0.1, -0.05) is 141 Å². The van der Waals surface area contributed by atoms with Crippen molar-refractivity contribution < 1.29 is 141 Å². The van der Waals surface area contributed by atoms with Crippen LogP contribution in [0.4, 0.5) is 0 Å². The number of Topliss-reactive ketones (excluding diaryl/α,β-unsaturated/α-hetero) is 1. The Kier molecular flexibility index (Phi) is 56.0. The minimum absolute atomic E-state index is 0.0604. The largest absolute Gasteiger partial charge is 0.478 e. The summed E-state index contributed by atoms with van der Waals surface area (Å²) in [5.41, 5.74) is 0.218. The van der Waals surface area contributed by atoms with Gasteiger partial charge in [0.25, 0.3) is 0 Å². The van der Waals surface area contributed by atoms with Gasteiger partial charge in [0.2, 0.25) is 5.91 Å². The van der Waals surface area contributed by atoms with Crippen molar-refractivity contribution in [3.05, 3.63) is 157 Å². The van der Waals surface area contributed by atoms with E-state index in [1.165, 1.54) is 90.2 Å². The van der Waals surface area contributed by atoms with E-state index in [1.54, 1.807) is 79.0 Å². The molecule has 0 aliphatic heterocycles. The molecule has 0 aliphatic carbocycles. The smallest absolute Gasteiger partial charge is 0.397 e. The van der Waals surface area contributed by atoms with Crippen LogP contribution in [0.25, 0.3) is 0 Å². The standard InChI is InChI=1S/C85H119NO30S/c1-57(38-30-26-22-21-23-27-31-39-58(2)85(100)101)84(115-71(15)98)59(3)83(114-70(14)97)48-33-29-25-20-18-16-17-19-24-28-32-40-80(116-117(102,103)104)50-72(99)51-81(112-68(12)95)54-76(108-64(8)91)44-34-41-73(105-61(5)88)52-74(106-62(6)89)42-35-45-77(109-65(9)92)55-82(113-69(13)96)56-78(110-66(10)93)46-36-43-75(107-63(7)90)53-79(111-67(11)94)47-37-49-86-60(4)87/h16-21,23-25,27-36,38-39,42,44,46,48,57,59,73-84H,22,26,37,40-41,43,45,47,49-56H2,1-15H3,(H,86,87)(H,100,101)(H,102,103,104)/b17-16+,20-18+,23-21+,24-19+,29-25+,31-27+,32-28+,38-30+,42-35+,44-34+,46-36+,48-33+,58-39+. The zero-order chi connectivity index (χ0) is 88.4. The first kappa shape index (κ1) is 106. The monoisotopic (exact) mass is 1670 g/mol. The molecule has 117 heavy (non-hydrogen) atoms.